The normalized spacial score (nSPS) is 15.9. The number of nitrogens with two attached hydrogens (primary N) is 1. The van der Waals surface area contributed by atoms with E-state index in [-0.39, 0.29) is 0 Å². The lowest BCUT2D eigenvalue weighted by Gasteiger charge is -2.27. The number of hydrogen-bond acceptors (Lipinski definition) is 3. The van der Waals surface area contributed by atoms with Crippen molar-refractivity contribution in [1.82, 2.24) is 0 Å². The Labute approximate surface area is 100 Å². The summed E-state index contributed by atoms with van der Waals surface area (Å²) in [7, 11) is 0. The maximum absolute atomic E-state index is 5.95. The molecule has 1 fully saturated rings. The highest BCUT2D eigenvalue weighted by Crippen LogP contribution is 2.29. The largest absolute Gasteiger partial charge is 0.490 e. The van der Waals surface area contributed by atoms with Gasteiger partial charge in [0, 0.05) is 11.4 Å². The molecule has 2 N–H and O–H groups in total. The minimum Gasteiger partial charge on any atom is -0.490 e. The third-order valence-electron chi connectivity index (χ3n) is 2.86. The van der Waals surface area contributed by atoms with Gasteiger partial charge < -0.3 is 9.57 Å². The van der Waals surface area contributed by atoms with Crippen molar-refractivity contribution in [3.8, 4) is 5.75 Å². The molecule has 1 aliphatic rings. The van der Waals surface area contributed by atoms with E-state index in [1.165, 1.54) is 6.42 Å². The van der Waals surface area contributed by atoms with Crippen LogP contribution in [-0.2, 0) is 11.3 Å². The second-order valence-electron chi connectivity index (χ2n) is 4.04. The highest BCUT2D eigenvalue weighted by atomic mass is 35.5. The first-order valence-electron chi connectivity index (χ1n) is 5.56. The summed E-state index contributed by atoms with van der Waals surface area (Å²) in [5, 5.41) is 0.716. The zero-order valence-corrected chi connectivity index (χ0v) is 9.87. The highest BCUT2D eigenvalue weighted by molar-refractivity contribution is 6.30. The fourth-order valence-corrected chi connectivity index (χ4v) is 1.89. The quantitative estimate of drug-likeness (QED) is 0.807. The van der Waals surface area contributed by atoms with Crippen molar-refractivity contribution in [2.45, 2.75) is 31.8 Å². The number of hydrogen-bond donors (Lipinski definition) is 1. The number of ether oxygens (including phenoxy) is 1. The monoisotopic (exact) mass is 241 g/mol. The Morgan fingerprint density at radius 3 is 2.81 bits per heavy atom. The molecule has 0 unspecified atom stereocenters. The lowest BCUT2D eigenvalue weighted by Crippen LogP contribution is -2.25. The van der Waals surface area contributed by atoms with Crippen molar-refractivity contribution >= 4 is 11.6 Å². The highest BCUT2D eigenvalue weighted by Gasteiger charge is 2.20. The van der Waals surface area contributed by atoms with E-state index in [9.17, 15) is 0 Å². The SMILES string of the molecule is NOCCc1cc(Cl)ccc1OC1CCC1. The minimum absolute atomic E-state index is 0.374. The summed E-state index contributed by atoms with van der Waals surface area (Å²) in [4.78, 5) is 4.59. The molecule has 88 valence electrons. The van der Waals surface area contributed by atoms with Crippen molar-refractivity contribution in [2.75, 3.05) is 6.61 Å². The van der Waals surface area contributed by atoms with Gasteiger partial charge in [-0.2, -0.15) is 0 Å². The summed E-state index contributed by atoms with van der Waals surface area (Å²) in [5.41, 5.74) is 1.06. The Morgan fingerprint density at radius 1 is 1.38 bits per heavy atom. The van der Waals surface area contributed by atoms with Crippen LogP contribution in [0.1, 0.15) is 24.8 Å². The first-order valence-corrected chi connectivity index (χ1v) is 5.94. The third-order valence-corrected chi connectivity index (χ3v) is 3.09. The molecule has 0 aliphatic heterocycles. The zero-order chi connectivity index (χ0) is 11.4. The number of halogens is 1. The summed E-state index contributed by atoms with van der Waals surface area (Å²) >= 11 is 5.95. The van der Waals surface area contributed by atoms with Crippen molar-refractivity contribution in [3.05, 3.63) is 28.8 Å². The van der Waals surface area contributed by atoms with Crippen LogP contribution in [0.3, 0.4) is 0 Å². The smallest absolute Gasteiger partial charge is 0.123 e. The lowest BCUT2D eigenvalue weighted by molar-refractivity contribution is 0.115. The van der Waals surface area contributed by atoms with Gasteiger partial charge in [0.2, 0.25) is 0 Å². The van der Waals surface area contributed by atoms with Gasteiger partial charge >= 0.3 is 0 Å². The van der Waals surface area contributed by atoms with Crippen LogP contribution in [0, 0.1) is 0 Å². The molecule has 0 heterocycles. The minimum atomic E-state index is 0.374. The van der Waals surface area contributed by atoms with Gasteiger partial charge in [0.15, 0.2) is 0 Å². The summed E-state index contributed by atoms with van der Waals surface area (Å²) in [5.74, 6) is 5.94. The van der Waals surface area contributed by atoms with Gasteiger partial charge in [-0.25, -0.2) is 5.90 Å². The summed E-state index contributed by atoms with van der Waals surface area (Å²) in [6.45, 7) is 0.474. The number of benzene rings is 1. The Kier molecular flexibility index (Phi) is 4.04. The molecular formula is C12H16ClNO2. The van der Waals surface area contributed by atoms with Gasteiger partial charge in [0.25, 0.3) is 0 Å². The van der Waals surface area contributed by atoms with Gasteiger partial charge in [-0.15, -0.1) is 0 Å². The average molecular weight is 242 g/mol. The molecule has 1 saturated carbocycles. The van der Waals surface area contributed by atoms with E-state index in [0.717, 1.165) is 30.6 Å². The van der Waals surface area contributed by atoms with E-state index in [0.29, 0.717) is 17.7 Å². The van der Waals surface area contributed by atoms with Crippen LogP contribution in [0.2, 0.25) is 5.02 Å². The van der Waals surface area contributed by atoms with E-state index in [4.69, 9.17) is 22.2 Å². The van der Waals surface area contributed by atoms with Crippen molar-refractivity contribution in [1.29, 1.82) is 0 Å². The fourth-order valence-electron chi connectivity index (χ4n) is 1.70. The predicted molar refractivity (Wildman–Crippen MR) is 63.6 cm³/mol. The molecular weight excluding hydrogens is 226 g/mol. The van der Waals surface area contributed by atoms with Crippen LogP contribution in [0.15, 0.2) is 18.2 Å². The molecule has 0 saturated heterocycles. The molecule has 0 spiro atoms. The van der Waals surface area contributed by atoms with Crippen molar-refractivity contribution in [3.63, 3.8) is 0 Å². The Bertz CT molecular complexity index is 353. The fraction of sp³-hybridized carbons (Fsp3) is 0.500. The van der Waals surface area contributed by atoms with Gasteiger partial charge in [-0.05, 0) is 43.0 Å². The zero-order valence-electron chi connectivity index (χ0n) is 9.12. The lowest BCUT2D eigenvalue weighted by atomic mass is 9.96. The van der Waals surface area contributed by atoms with Gasteiger partial charge in [0.1, 0.15) is 5.75 Å². The van der Waals surface area contributed by atoms with E-state index < -0.39 is 0 Å². The summed E-state index contributed by atoms with van der Waals surface area (Å²) in [6, 6.07) is 5.68. The molecule has 0 bridgehead atoms. The maximum atomic E-state index is 5.95. The molecule has 0 aromatic heterocycles. The van der Waals surface area contributed by atoms with E-state index in [1.807, 2.05) is 18.2 Å². The molecule has 4 heteroatoms. The van der Waals surface area contributed by atoms with Crippen LogP contribution in [-0.4, -0.2) is 12.7 Å². The van der Waals surface area contributed by atoms with E-state index >= 15 is 0 Å². The topological polar surface area (TPSA) is 44.5 Å². The molecule has 0 amide bonds. The second kappa shape index (κ2) is 5.53. The van der Waals surface area contributed by atoms with Crippen molar-refractivity contribution < 1.29 is 9.57 Å². The molecule has 1 aliphatic carbocycles. The molecule has 2 rings (SSSR count). The van der Waals surface area contributed by atoms with E-state index in [1.54, 1.807) is 0 Å². The van der Waals surface area contributed by atoms with Crippen LogP contribution in [0.5, 0.6) is 5.75 Å². The van der Waals surface area contributed by atoms with Crippen molar-refractivity contribution in [2.24, 2.45) is 5.90 Å². The average Bonchev–Trinajstić information content (AvgIpc) is 2.22. The molecule has 0 atom stereocenters. The Balaban J connectivity index is 2.07. The molecule has 0 radical (unpaired) electrons. The standard InChI is InChI=1S/C12H16ClNO2/c13-10-4-5-12(16-11-2-1-3-11)9(8-10)6-7-15-14/h4-5,8,11H,1-3,6-7,14H2. The Hall–Kier alpha value is -0.770. The molecule has 16 heavy (non-hydrogen) atoms. The number of rotatable bonds is 5. The van der Waals surface area contributed by atoms with Crippen LogP contribution >= 0.6 is 11.6 Å². The first-order chi connectivity index (χ1) is 7.79. The summed E-state index contributed by atoms with van der Waals surface area (Å²) in [6.07, 6.45) is 4.66. The second-order valence-corrected chi connectivity index (χ2v) is 4.48. The first kappa shape index (κ1) is 11.7. The molecule has 1 aromatic rings. The van der Waals surface area contributed by atoms with Crippen LogP contribution < -0.4 is 10.6 Å². The van der Waals surface area contributed by atoms with Gasteiger partial charge in [0.05, 0.1) is 12.7 Å². The summed E-state index contributed by atoms with van der Waals surface area (Å²) < 4.78 is 5.88. The maximum Gasteiger partial charge on any atom is 0.123 e. The molecule has 1 aromatic carbocycles. The molecule has 3 nitrogen and oxygen atoms in total. The van der Waals surface area contributed by atoms with Crippen LogP contribution in [0.4, 0.5) is 0 Å². The van der Waals surface area contributed by atoms with Gasteiger partial charge in [-0.1, -0.05) is 11.6 Å². The van der Waals surface area contributed by atoms with Crippen LogP contribution in [0.25, 0.3) is 0 Å². The van der Waals surface area contributed by atoms with E-state index in [2.05, 4.69) is 4.84 Å². The Morgan fingerprint density at radius 2 is 2.19 bits per heavy atom. The van der Waals surface area contributed by atoms with Gasteiger partial charge in [-0.3, -0.25) is 0 Å². The third kappa shape index (κ3) is 2.88. The predicted octanol–water partition coefficient (Wildman–Crippen LogP) is 2.70.